The minimum Gasteiger partial charge on any atom is -0.453 e. The van der Waals surface area contributed by atoms with E-state index in [1.54, 1.807) is 0 Å². The molecule has 12 atom stereocenters. The highest BCUT2D eigenvalue weighted by molar-refractivity contribution is 5.70. The Bertz CT molecular complexity index is 1210. The van der Waals surface area contributed by atoms with Gasteiger partial charge in [0.1, 0.15) is 48.8 Å². The molecule has 0 saturated carbocycles. The molecule has 0 spiro atoms. The molecule has 16 heteroatoms. The minimum atomic E-state index is -1.88. The lowest BCUT2D eigenvalue weighted by Gasteiger charge is -2.43. The van der Waals surface area contributed by atoms with Crippen molar-refractivity contribution in [3.63, 3.8) is 0 Å². The SMILES string of the molecule is CCCCCCCCCCCCCCCCCC(=O)O[C@@H](O)[C@H](CO[C@@H]1O[C@H](CO[C@H]2O[C@H](CO)[C@H](O)[C@H](O)[C@H]2O)[C@H](O)[C@H](O)[C@H]1OC)OC(=O)CCCCCCCCCCCCCCCCC. The molecular weight excluding hydrogens is 881 g/mol. The second-order valence-electron chi connectivity index (χ2n) is 19.4. The van der Waals surface area contributed by atoms with Crippen LogP contribution in [0.25, 0.3) is 0 Å². The number of aliphatic hydroxyl groups excluding tert-OH is 7. The summed E-state index contributed by atoms with van der Waals surface area (Å²) in [5.41, 5.74) is 0. The van der Waals surface area contributed by atoms with Crippen LogP contribution in [0.4, 0.5) is 0 Å². The number of aliphatic hydroxyl groups is 7. The van der Waals surface area contributed by atoms with Gasteiger partial charge in [-0.05, 0) is 12.8 Å². The van der Waals surface area contributed by atoms with E-state index in [9.17, 15) is 45.3 Å². The van der Waals surface area contributed by atoms with Crippen LogP contribution in [0.3, 0.4) is 0 Å². The van der Waals surface area contributed by atoms with Crippen LogP contribution in [0, 0.1) is 0 Å². The second kappa shape index (κ2) is 40.0. The summed E-state index contributed by atoms with van der Waals surface area (Å²) in [6.45, 7) is 2.74. The van der Waals surface area contributed by atoms with Crippen LogP contribution >= 0.6 is 0 Å². The highest BCUT2D eigenvalue weighted by Gasteiger charge is 2.48. The van der Waals surface area contributed by atoms with Gasteiger partial charge in [-0.15, -0.1) is 0 Å². The summed E-state index contributed by atoms with van der Waals surface area (Å²) in [7, 11) is 1.26. The lowest BCUT2D eigenvalue weighted by molar-refractivity contribution is -0.336. The van der Waals surface area contributed by atoms with Gasteiger partial charge in [0, 0.05) is 20.0 Å². The fraction of sp³-hybridized carbons (Fsp3) is 0.962. The van der Waals surface area contributed by atoms with Crippen molar-refractivity contribution in [1.82, 2.24) is 0 Å². The number of hydrogen-bond donors (Lipinski definition) is 7. The quantitative estimate of drug-likeness (QED) is 0.0177. The first-order chi connectivity index (χ1) is 33.0. The van der Waals surface area contributed by atoms with Gasteiger partial charge in [-0.25, -0.2) is 0 Å². The molecule has 0 unspecified atom stereocenters. The van der Waals surface area contributed by atoms with E-state index in [4.69, 9.17) is 33.2 Å². The summed E-state index contributed by atoms with van der Waals surface area (Å²) in [6.07, 6.45) is 17.3. The topological polar surface area (TPSA) is 240 Å². The fourth-order valence-electron chi connectivity index (χ4n) is 8.97. The number of esters is 2. The van der Waals surface area contributed by atoms with Crippen LogP contribution in [0.2, 0.25) is 0 Å². The molecule has 0 aromatic rings. The van der Waals surface area contributed by atoms with Gasteiger partial charge < -0.3 is 68.9 Å². The predicted octanol–water partition coefficient (Wildman–Crippen LogP) is 7.58. The lowest BCUT2D eigenvalue weighted by atomic mass is 9.98. The van der Waals surface area contributed by atoms with Crippen molar-refractivity contribution in [3.8, 4) is 0 Å². The zero-order chi connectivity index (χ0) is 49.8. The Morgan fingerprint density at radius 3 is 1.26 bits per heavy atom. The Hall–Kier alpha value is -1.54. The molecule has 0 radical (unpaired) electrons. The Balaban J connectivity index is 1.87. The molecule has 0 aromatic carbocycles. The molecule has 0 aromatic heterocycles. The second-order valence-corrected chi connectivity index (χ2v) is 19.4. The van der Waals surface area contributed by atoms with Gasteiger partial charge in [0.05, 0.1) is 19.8 Å². The van der Waals surface area contributed by atoms with Gasteiger partial charge in [0.15, 0.2) is 18.7 Å². The molecule has 0 bridgehead atoms. The van der Waals surface area contributed by atoms with Crippen LogP contribution in [0.1, 0.15) is 219 Å². The van der Waals surface area contributed by atoms with Crippen LogP contribution in [0.5, 0.6) is 0 Å². The van der Waals surface area contributed by atoms with Crippen molar-refractivity contribution < 1.29 is 78.5 Å². The highest BCUT2D eigenvalue weighted by atomic mass is 16.7. The smallest absolute Gasteiger partial charge is 0.308 e. The zero-order valence-corrected chi connectivity index (χ0v) is 42.5. The van der Waals surface area contributed by atoms with Gasteiger partial charge >= 0.3 is 11.9 Å². The molecular formula is C52H98O16. The molecule has 16 nitrogen and oxygen atoms in total. The number of carbonyl (C=O) groups is 2. The first-order valence-corrected chi connectivity index (χ1v) is 27.1. The van der Waals surface area contributed by atoms with Crippen molar-refractivity contribution in [2.75, 3.05) is 26.9 Å². The molecule has 0 aliphatic carbocycles. The van der Waals surface area contributed by atoms with Crippen LogP contribution < -0.4 is 0 Å². The summed E-state index contributed by atoms with van der Waals surface area (Å²) < 4.78 is 39.1. The summed E-state index contributed by atoms with van der Waals surface area (Å²) in [5.74, 6) is -1.26. The van der Waals surface area contributed by atoms with E-state index in [0.29, 0.717) is 12.8 Å². The average molecular weight is 979 g/mol. The summed E-state index contributed by atoms with van der Waals surface area (Å²) in [4.78, 5) is 26.0. The van der Waals surface area contributed by atoms with Crippen molar-refractivity contribution >= 4 is 11.9 Å². The Kier molecular flexibility index (Phi) is 36.8. The molecule has 2 fully saturated rings. The van der Waals surface area contributed by atoms with Gasteiger partial charge in [0.2, 0.25) is 6.29 Å². The summed E-state index contributed by atoms with van der Waals surface area (Å²) in [6, 6.07) is 0. The van der Waals surface area contributed by atoms with E-state index in [1.807, 2.05) is 0 Å². The third-order valence-electron chi connectivity index (χ3n) is 13.4. The van der Waals surface area contributed by atoms with Crippen LogP contribution in [-0.2, 0) is 42.7 Å². The van der Waals surface area contributed by atoms with E-state index in [-0.39, 0.29) is 12.8 Å². The molecule has 2 aliphatic heterocycles. The largest absolute Gasteiger partial charge is 0.453 e. The number of unbranched alkanes of at least 4 members (excludes halogenated alkanes) is 28. The summed E-state index contributed by atoms with van der Waals surface area (Å²) >= 11 is 0. The maximum atomic E-state index is 13.1. The molecule has 402 valence electrons. The van der Waals surface area contributed by atoms with E-state index in [1.165, 1.54) is 142 Å². The van der Waals surface area contributed by atoms with Crippen molar-refractivity contribution in [2.45, 2.75) is 293 Å². The van der Waals surface area contributed by atoms with Crippen LogP contribution in [0.15, 0.2) is 0 Å². The zero-order valence-electron chi connectivity index (χ0n) is 42.5. The van der Waals surface area contributed by atoms with Gasteiger partial charge in [0.25, 0.3) is 0 Å². The van der Waals surface area contributed by atoms with Crippen molar-refractivity contribution in [2.24, 2.45) is 0 Å². The maximum Gasteiger partial charge on any atom is 0.308 e. The number of carbonyl (C=O) groups excluding carboxylic acids is 2. The third kappa shape index (κ3) is 26.8. The van der Waals surface area contributed by atoms with Gasteiger partial charge in [-0.1, -0.05) is 194 Å². The first-order valence-electron chi connectivity index (χ1n) is 27.1. The molecule has 2 saturated heterocycles. The summed E-state index contributed by atoms with van der Waals surface area (Å²) in [5, 5.41) is 73.2. The Morgan fingerprint density at radius 1 is 0.471 bits per heavy atom. The Morgan fingerprint density at radius 2 is 0.853 bits per heavy atom. The van der Waals surface area contributed by atoms with Crippen LogP contribution in [-0.4, -0.2) is 148 Å². The number of hydrogen-bond acceptors (Lipinski definition) is 16. The van der Waals surface area contributed by atoms with Crippen molar-refractivity contribution in [1.29, 1.82) is 0 Å². The molecule has 7 N–H and O–H groups in total. The molecule has 2 aliphatic rings. The first kappa shape index (κ1) is 62.6. The Labute approximate surface area is 409 Å². The van der Waals surface area contributed by atoms with Gasteiger partial charge in [-0.3, -0.25) is 9.59 Å². The lowest BCUT2D eigenvalue weighted by Crippen LogP contribution is -2.62. The molecule has 68 heavy (non-hydrogen) atoms. The van der Waals surface area contributed by atoms with E-state index in [2.05, 4.69) is 13.8 Å². The number of rotatable bonds is 43. The molecule has 2 heterocycles. The number of ether oxygens (including phenoxy) is 7. The maximum absolute atomic E-state index is 13.1. The fourth-order valence-corrected chi connectivity index (χ4v) is 8.97. The minimum absolute atomic E-state index is 0.0770. The third-order valence-corrected chi connectivity index (χ3v) is 13.4. The predicted molar refractivity (Wildman–Crippen MR) is 258 cm³/mol. The monoisotopic (exact) mass is 979 g/mol. The average Bonchev–Trinajstić information content (AvgIpc) is 3.33. The van der Waals surface area contributed by atoms with E-state index in [0.717, 1.165) is 44.9 Å². The van der Waals surface area contributed by atoms with E-state index >= 15 is 0 Å². The van der Waals surface area contributed by atoms with Crippen molar-refractivity contribution in [3.05, 3.63) is 0 Å². The number of methoxy groups -OCH3 is 1. The molecule has 2 rings (SSSR count). The van der Waals surface area contributed by atoms with Gasteiger partial charge in [-0.2, -0.15) is 0 Å². The molecule has 0 amide bonds. The van der Waals surface area contributed by atoms with E-state index < -0.39 is 106 Å². The standard InChI is InChI=1S/C52H98O16/c1-4-6-8-10-12-14-16-18-20-22-24-26-28-30-32-34-42(54)65-41(50(61)68-43(55)35-33-31-29-27-25-23-21-19-17-15-13-11-9-7-5-2)38-64-52-49(62-3)47(59)45(57)40(67-52)37-63-51-48(60)46(58)44(56)39(36-53)66-51/h39-41,44-53,56-61H,4-38H2,1-3H3/t39-,40-,41+,44+,45+,46+,47+,48-,49-,50-,51+,52-/m1/s1. The normalized spacial score (nSPS) is 26.1. The highest BCUT2D eigenvalue weighted by Crippen LogP contribution is 2.28.